The Balaban J connectivity index is 0.00000576. The van der Waals surface area contributed by atoms with Gasteiger partial charge in [-0.2, -0.15) is 0 Å². The zero-order valence-electron chi connectivity index (χ0n) is 15.8. The molecule has 0 saturated carbocycles. The summed E-state index contributed by atoms with van der Waals surface area (Å²) in [6, 6.07) is 5.39. The van der Waals surface area contributed by atoms with E-state index in [0.717, 1.165) is 6.42 Å². The largest absolute Gasteiger partial charge is 0.496 e. The summed E-state index contributed by atoms with van der Waals surface area (Å²) < 4.78 is 16.1. The summed E-state index contributed by atoms with van der Waals surface area (Å²) in [4.78, 5) is 14.0. The number of nitrogens with zero attached hydrogens (tertiary/aromatic N) is 1. The van der Waals surface area contributed by atoms with E-state index >= 15 is 0 Å². The third-order valence-electron chi connectivity index (χ3n) is 3.84. The fourth-order valence-electron chi connectivity index (χ4n) is 2.52. The van der Waals surface area contributed by atoms with Gasteiger partial charge in [0, 0.05) is 31.8 Å². The SMILES string of the molecule is CCCC(C)(N)C(=O)N(C)CCCOc1cc(OC)cc(OC)c1.Cl. The Bertz CT molecular complexity index is 516. The van der Waals surface area contributed by atoms with Gasteiger partial charge in [0.15, 0.2) is 0 Å². The maximum absolute atomic E-state index is 12.3. The fourth-order valence-corrected chi connectivity index (χ4v) is 2.52. The Morgan fingerprint density at radius 3 is 2.16 bits per heavy atom. The van der Waals surface area contributed by atoms with Gasteiger partial charge in [-0.15, -0.1) is 12.4 Å². The molecule has 1 aromatic carbocycles. The van der Waals surface area contributed by atoms with Gasteiger partial charge in [0.1, 0.15) is 17.2 Å². The summed E-state index contributed by atoms with van der Waals surface area (Å²) in [5.74, 6) is 1.99. The van der Waals surface area contributed by atoms with Crippen molar-refractivity contribution in [2.45, 2.75) is 38.6 Å². The molecule has 0 spiro atoms. The number of hydrogen-bond acceptors (Lipinski definition) is 5. The molecule has 0 aromatic heterocycles. The van der Waals surface area contributed by atoms with E-state index < -0.39 is 5.54 Å². The van der Waals surface area contributed by atoms with Crippen LogP contribution in [0.25, 0.3) is 0 Å². The fraction of sp³-hybridized carbons (Fsp3) is 0.611. The second kappa shape index (κ2) is 11.1. The van der Waals surface area contributed by atoms with Gasteiger partial charge in [0.2, 0.25) is 5.91 Å². The highest BCUT2D eigenvalue weighted by Gasteiger charge is 2.29. The van der Waals surface area contributed by atoms with Gasteiger partial charge in [-0.3, -0.25) is 4.79 Å². The number of ether oxygens (including phenoxy) is 3. The van der Waals surface area contributed by atoms with Crippen molar-refractivity contribution in [3.63, 3.8) is 0 Å². The standard InChI is InChI=1S/C18H30N2O4.ClH/c1-6-8-18(2,19)17(21)20(3)9-7-10-24-16-12-14(22-4)11-15(13-16)23-5;/h11-13H,6-10,19H2,1-5H3;1H. The third kappa shape index (κ3) is 7.40. The summed E-state index contributed by atoms with van der Waals surface area (Å²) in [6.07, 6.45) is 2.27. The van der Waals surface area contributed by atoms with Crippen LogP contribution in [0.1, 0.15) is 33.1 Å². The molecule has 1 rings (SSSR count). The molecule has 0 heterocycles. The number of carbonyl (C=O) groups is 1. The van der Waals surface area contributed by atoms with Crippen molar-refractivity contribution in [1.82, 2.24) is 4.90 Å². The lowest BCUT2D eigenvalue weighted by molar-refractivity contribution is -0.135. The number of benzene rings is 1. The predicted molar refractivity (Wildman–Crippen MR) is 102 cm³/mol. The Morgan fingerprint density at radius 1 is 1.16 bits per heavy atom. The molecular formula is C18H31ClN2O4. The lowest BCUT2D eigenvalue weighted by Gasteiger charge is -2.29. The zero-order chi connectivity index (χ0) is 18.2. The molecule has 7 heteroatoms. The van der Waals surface area contributed by atoms with E-state index in [4.69, 9.17) is 19.9 Å². The van der Waals surface area contributed by atoms with Crippen LogP contribution in [0.3, 0.4) is 0 Å². The van der Waals surface area contributed by atoms with Gasteiger partial charge in [-0.1, -0.05) is 13.3 Å². The average molecular weight is 375 g/mol. The van der Waals surface area contributed by atoms with Crippen molar-refractivity contribution in [2.24, 2.45) is 5.73 Å². The minimum Gasteiger partial charge on any atom is -0.496 e. The molecule has 25 heavy (non-hydrogen) atoms. The molecule has 1 aromatic rings. The van der Waals surface area contributed by atoms with Gasteiger partial charge >= 0.3 is 0 Å². The minimum absolute atomic E-state index is 0. The van der Waals surface area contributed by atoms with Gasteiger partial charge in [-0.05, 0) is 19.8 Å². The summed E-state index contributed by atoms with van der Waals surface area (Å²) in [7, 11) is 4.97. The number of rotatable bonds is 10. The van der Waals surface area contributed by atoms with Gasteiger partial charge < -0.3 is 24.8 Å². The predicted octanol–water partition coefficient (Wildman–Crippen LogP) is 2.87. The quantitative estimate of drug-likeness (QED) is 0.637. The molecule has 0 aliphatic carbocycles. The molecule has 1 atom stereocenters. The molecule has 144 valence electrons. The van der Waals surface area contributed by atoms with Crippen LogP contribution in [0, 0.1) is 0 Å². The van der Waals surface area contributed by atoms with Crippen molar-refractivity contribution >= 4 is 18.3 Å². The molecule has 0 saturated heterocycles. The first kappa shape index (κ1) is 23.3. The third-order valence-corrected chi connectivity index (χ3v) is 3.84. The van der Waals surface area contributed by atoms with Gasteiger partial charge in [0.05, 0.1) is 26.4 Å². The van der Waals surface area contributed by atoms with Crippen LogP contribution in [0.2, 0.25) is 0 Å². The topological polar surface area (TPSA) is 74.0 Å². The maximum atomic E-state index is 12.3. The van der Waals surface area contributed by atoms with Crippen LogP contribution in [0.5, 0.6) is 17.2 Å². The van der Waals surface area contributed by atoms with E-state index in [0.29, 0.717) is 43.2 Å². The number of halogens is 1. The molecule has 1 amide bonds. The lowest BCUT2D eigenvalue weighted by atomic mass is 9.96. The van der Waals surface area contributed by atoms with E-state index in [9.17, 15) is 4.79 Å². The molecule has 6 nitrogen and oxygen atoms in total. The van der Waals surface area contributed by atoms with E-state index in [2.05, 4.69) is 0 Å². The van der Waals surface area contributed by atoms with Gasteiger partial charge in [-0.25, -0.2) is 0 Å². The van der Waals surface area contributed by atoms with E-state index in [1.165, 1.54) is 0 Å². The molecule has 1 unspecified atom stereocenters. The molecule has 0 radical (unpaired) electrons. The lowest BCUT2D eigenvalue weighted by Crippen LogP contribution is -2.52. The number of hydrogen-bond donors (Lipinski definition) is 1. The average Bonchev–Trinajstić information content (AvgIpc) is 2.57. The molecule has 0 aliphatic heterocycles. The normalized spacial score (nSPS) is 12.6. The van der Waals surface area contributed by atoms with Crippen LogP contribution < -0.4 is 19.9 Å². The smallest absolute Gasteiger partial charge is 0.242 e. The monoisotopic (exact) mass is 374 g/mol. The van der Waals surface area contributed by atoms with Crippen LogP contribution in [-0.4, -0.2) is 50.8 Å². The number of likely N-dealkylation sites (N-methyl/N-ethyl adjacent to an activating group) is 1. The molecular weight excluding hydrogens is 344 g/mol. The van der Waals surface area contributed by atoms with Crippen LogP contribution in [0.4, 0.5) is 0 Å². The summed E-state index contributed by atoms with van der Waals surface area (Å²) in [6.45, 7) is 4.89. The summed E-state index contributed by atoms with van der Waals surface area (Å²) in [5, 5.41) is 0. The highest BCUT2D eigenvalue weighted by atomic mass is 35.5. The van der Waals surface area contributed by atoms with Crippen molar-refractivity contribution < 1.29 is 19.0 Å². The maximum Gasteiger partial charge on any atom is 0.242 e. The van der Waals surface area contributed by atoms with E-state index in [1.807, 2.05) is 6.92 Å². The second-order valence-electron chi connectivity index (χ2n) is 6.14. The molecule has 2 N–H and O–H groups in total. The van der Waals surface area contributed by atoms with Crippen LogP contribution in [0.15, 0.2) is 18.2 Å². The molecule has 0 bridgehead atoms. The Kier molecular flexibility index (Phi) is 10.3. The highest BCUT2D eigenvalue weighted by molar-refractivity contribution is 5.85. The Labute approximate surface area is 157 Å². The first-order chi connectivity index (χ1) is 11.3. The van der Waals surface area contributed by atoms with Crippen molar-refractivity contribution in [3.8, 4) is 17.2 Å². The number of amides is 1. The second-order valence-corrected chi connectivity index (χ2v) is 6.14. The molecule has 0 aliphatic rings. The molecule has 0 fully saturated rings. The van der Waals surface area contributed by atoms with Crippen molar-refractivity contribution in [1.29, 1.82) is 0 Å². The number of nitrogens with two attached hydrogens (primary N) is 1. The Morgan fingerprint density at radius 2 is 1.68 bits per heavy atom. The van der Waals surface area contributed by atoms with E-state index in [1.54, 1.807) is 51.3 Å². The zero-order valence-corrected chi connectivity index (χ0v) is 16.6. The van der Waals surface area contributed by atoms with Gasteiger partial charge in [0.25, 0.3) is 0 Å². The Hall–Kier alpha value is -1.66. The minimum atomic E-state index is -0.801. The van der Waals surface area contributed by atoms with Crippen molar-refractivity contribution in [2.75, 3.05) is 34.4 Å². The van der Waals surface area contributed by atoms with Crippen molar-refractivity contribution in [3.05, 3.63) is 18.2 Å². The van der Waals surface area contributed by atoms with Crippen LogP contribution >= 0.6 is 12.4 Å². The van der Waals surface area contributed by atoms with Crippen LogP contribution in [-0.2, 0) is 4.79 Å². The summed E-state index contributed by atoms with van der Waals surface area (Å²) >= 11 is 0. The van der Waals surface area contributed by atoms with E-state index in [-0.39, 0.29) is 18.3 Å². The first-order valence-electron chi connectivity index (χ1n) is 8.24. The highest BCUT2D eigenvalue weighted by Crippen LogP contribution is 2.27. The number of carbonyl (C=O) groups excluding carboxylic acids is 1. The summed E-state index contributed by atoms with van der Waals surface area (Å²) in [5.41, 5.74) is 5.28. The first-order valence-corrected chi connectivity index (χ1v) is 8.24. The number of methoxy groups -OCH3 is 2.